The first-order valence-electron chi connectivity index (χ1n) is 5.44. The second-order valence-electron chi connectivity index (χ2n) is 3.66. The van der Waals surface area contributed by atoms with Gasteiger partial charge in [0.2, 0.25) is 0 Å². The van der Waals surface area contributed by atoms with Gasteiger partial charge in [0.25, 0.3) is 11.6 Å². The summed E-state index contributed by atoms with van der Waals surface area (Å²) in [5, 5.41) is 22.8. The second-order valence-corrected chi connectivity index (χ2v) is 5.19. The highest BCUT2D eigenvalue weighted by Crippen LogP contribution is 2.26. The van der Waals surface area contributed by atoms with Gasteiger partial charge in [-0.2, -0.15) is 0 Å². The highest BCUT2D eigenvalue weighted by atomic mass is 35.5. The zero-order valence-corrected chi connectivity index (χ0v) is 12.4. The second kappa shape index (κ2) is 7.43. The minimum atomic E-state index is -0.731. The summed E-state index contributed by atoms with van der Waals surface area (Å²) in [6, 6.07) is 3.39. The average molecular weight is 345 g/mol. The number of carbonyl (C=O) groups excluding carboxylic acids is 1. The number of nitrogens with zero attached hydrogens (tertiary/aromatic N) is 2. The fraction of sp³-hybridized carbons (Fsp3) is 0. The van der Waals surface area contributed by atoms with Crippen LogP contribution < -0.4 is 11.1 Å². The van der Waals surface area contributed by atoms with Crippen molar-refractivity contribution in [2.24, 2.45) is 5.73 Å². The molecule has 0 aromatic heterocycles. The van der Waals surface area contributed by atoms with Crippen LogP contribution >= 0.6 is 23.4 Å². The number of benzene rings is 1. The number of nitro groups is 2. The summed E-state index contributed by atoms with van der Waals surface area (Å²) in [5.74, 6) is -0.672. The monoisotopic (exact) mass is 344 g/mol. The number of carbonyl (C=O) groups is 1. The Bertz CT molecular complexity index is 691. The molecule has 1 aromatic rings. The third-order valence-electron chi connectivity index (χ3n) is 2.21. The van der Waals surface area contributed by atoms with Crippen molar-refractivity contribution in [3.05, 3.63) is 71.9 Å². The molecule has 0 atom stereocenters. The molecule has 0 aliphatic heterocycles. The van der Waals surface area contributed by atoms with Crippen LogP contribution in [0, 0.1) is 20.2 Å². The number of halogens is 1. The molecule has 9 nitrogen and oxygen atoms in total. The van der Waals surface area contributed by atoms with Gasteiger partial charge >= 0.3 is 5.03 Å². The van der Waals surface area contributed by atoms with E-state index < -0.39 is 20.8 Å². The van der Waals surface area contributed by atoms with E-state index in [-0.39, 0.29) is 21.3 Å². The summed E-state index contributed by atoms with van der Waals surface area (Å²) >= 11 is 6.25. The molecule has 3 N–H and O–H groups in total. The maximum atomic E-state index is 11.9. The van der Waals surface area contributed by atoms with Crippen LogP contribution in [-0.4, -0.2) is 15.8 Å². The number of nitrogens with one attached hydrogen (secondary N) is 1. The molecule has 11 heteroatoms. The van der Waals surface area contributed by atoms with E-state index >= 15 is 0 Å². The molecule has 0 bridgehead atoms. The van der Waals surface area contributed by atoms with Gasteiger partial charge in [0.05, 0.1) is 21.1 Å². The Balaban J connectivity index is 2.81. The predicted octanol–water partition coefficient (Wildman–Crippen LogP) is 2.22. The van der Waals surface area contributed by atoms with Crippen molar-refractivity contribution in [1.82, 2.24) is 5.32 Å². The van der Waals surface area contributed by atoms with Crippen molar-refractivity contribution in [3.63, 3.8) is 0 Å². The Kier molecular flexibility index (Phi) is 5.90. The van der Waals surface area contributed by atoms with Crippen molar-refractivity contribution in [2.45, 2.75) is 0 Å². The van der Waals surface area contributed by atoms with Gasteiger partial charge in [-0.15, -0.1) is 0 Å². The minimum Gasteiger partial charge on any atom is -0.399 e. The molecule has 1 rings (SSSR count). The Morgan fingerprint density at radius 2 is 2.05 bits per heavy atom. The molecule has 0 spiro atoms. The van der Waals surface area contributed by atoms with Crippen molar-refractivity contribution < 1.29 is 14.6 Å². The van der Waals surface area contributed by atoms with Crippen molar-refractivity contribution in [2.75, 3.05) is 0 Å². The molecule has 0 aliphatic carbocycles. The molecule has 0 saturated carbocycles. The van der Waals surface area contributed by atoms with Crippen LogP contribution in [0.1, 0.15) is 10.4 Å². The molecule has 1 aromatic carbocycles. The lowest BCUT2D eigenvalue weighted by molar-refractivity contribution is -0.410. The van der Waals surface area contributed by atoms with E-state index in [2.05, 4.69) is 11.9 Å². The molecule has 0 unspecified atom stereocenters. The van der Waals surface area contributed by atoms with Crippen molar-refractivity contribution >= 4 is 35.0 Å². The minimum absolute atomic E-state index is 0.0344. The molecule has 1 amide bonds. The lowest BCUT2D eigenvalue weighted by Crippen LogP contribution is -2.21. The molecular weight excluding hydrogens is 336 g/mol. The SMILES string of the molecule is C=C(NC(=O)c1ccc([N+](=O)[O-])c(Cl)c1)S/C(=C\N)[N+](=O)[O-]. The van der Waals surface area contributed by atoms with Gasteiger partial charge in [-0.05, 0) is 12.1 Å². The van der Waals surface area contributed by atoms with Gasteiger partial charge in [-0.25, -0.2) is 0 Å². The summed E-state index contributed by atoms with van der Waals surface area (Å²) in [5.41, 5.74) is 4.77. The van der Waals surface area contributed by atoms with Crippen LogP contribution in [0.3, 0.4) is 0 Å². The average Bonchev–Trinajstić information content (AvgIpc) is 2.43. The van der Waals surface area contributed by atoms with Crippen LogP contribution in [0.5, 0.6) is 0 Å². The Labute approximate surface area is 133 Å². The van der Waals surface area contributed by atoms with E-state index in [0.29, 0.717) is 11.8 Å². The third-order valence-corrected chi connectivity index (χ3v) is 3.36. The molecule has 0 aliphatic rings. The molecule has 0 saturated heterocycles. The van der Waals surface area contributed by atoms with E-state index in [0.717, 1.165) is 18.3 Å². The van der Waals surface area contributed by atoms with E-state index in [1.807, 2.05) is 0 Å². The topological polar surface area (TPSA) is 141 Å². The number of hydrogen-bond acceptors (Lipinski definition) is 7. The number of hydrogen-bond donors (Lipinski definition) is 2. The first-order valence-corrected chi connectivity index (χ1v) is 6.64. The standard InChI is InChI=1S/C11H9ClN4O5S/c1-6(22-10(5-13)16(20)21)14-11(17)7-2-3-9(15(18)19)8(12)4-7/h2-5H,1,13H2,(H,14,17)/b10-5-. The quantitative estimate of drug-likeness (QED) is 0.595. The number of rotatable bonds is 6. The van der Waals surface area contributed by atoms with Crippen LogP contribution in [-0.2, 0) is 0 Å². The fourth-order valence-corrected chi connectivity index (χ4v) is 2.07. The van der Waals surface area contributed by atoms with Crippen LogP contribution in [0.2, 0.25) is 5.02 Å². The highest BCUT2D eigenvalue weighted by molar-refractivity contribution is 8.06. The zero-order valence-electron chi connectivity index (χ0n) is 10.8. The molecule has 0 fully saturated rings. The van der Waals surface area contributed by atoms with Crippen LogP contribution in [0.4, 0.5) is 5.69 Å². The largest absolute Gasteiger partial charge is 0.399 e. The summed E-state index contributed by atoms with van der Waals surface area (Å²) in [6.45, 7) is 3.45. The number of thioether (sulfide) groups is 1. The Morgan fingerprint density at radius 1 is 1.41 bits per heavy atom. The first kappa shape index (κ1) is 17.5. The van der Waals surface area contributed by atoms with Gasteiger partial charge in [0.15, 0.2) is 0 Å². The van der Waals surface area contributed by atoms with Gasteiger partial charge < -0.3 is 11.1 Å². The van der Waals surface area contributed by atoms with E-state index in [1.165, 1.54) is 6.07 Å². The van der Waals surface area contributed by atoms with Gasteiger partial charge in [0.1, 0.15) is 5.02 Å². The summed E-state index contributed by atoms with van der Waals surface area (Å²) in [4.78, 5) is 31.7. The highest BCUT2D eigenvalue weighted by Gasteiger charge is 2.18. The molecule has 116 valence electrons. The number of nitro benzene ring substituents is 1. The molecule has 0 radical (unpaired) electrons. The summed E-state index contributed by atoms with van der Waals surface area (Å²) in [7, 11) is 0. The molecular formula is C11H9ClN4O5S. The molecule has 22 heavy (non-hydrogen) atoms. The Morgan fingerprint density at radius 3 is 2.50 bits per heavy atom. The lowest BCUT2D eigenvalue weighted by atomic mass is 10.2. The van der Waals surface area contributed by atoms with Gasteiger partial charge in [0, 0.05) is 23.4 Å². The van der Waals surface area contributed by atoms with E-state index in [9.17, 15) is 25.0 Å². The number of amides is 1. The smallest absolute Gasteiger partial charge is 0.324 e. The first-order chi connectivity index (χ1) is 10.3. The van der Waals surface area contributed by atoms with Crippen LogP contribution in [0.25, 0.3) is 0 Å². The van der Waals surface area contributed by atoms with E-state index in [4.69, 9.17) is 17.3 Å². The van der Waals surface area contributed by atoms with Crippen LogP contribution in [0.15, 0.2) is 41.0 Å². The molecule has 0 heterocycles. The maximum Gasteiger partial charge on any atom is 0.324 e. The normalized spacial score (nSPS) is 10.9. The summed E-state index contributed by atoms with van der Waals surface area (Å²) in [6.07, 6.45) is 0.769. The van der Waals surface area contributed by atoms with Crippen molar-refractivity contribution in [1.29, 1.82) is 0 Å². The summed E-state index contributed by atoms with van der Waals surface area (Å²) < 4.78 is 0. The maximum absolute atomic E-state index is 11.9. The Hall–Kier alpha value is -2.59. The zero-order chi connectivity index (χ0) is 16.9. The third kappa shape index (κ3) is 4.46. The van der Waals surface area contributed by atoms with Crippen molar-refractivity contribution in [3.8, 4) is 0 Å². The lowest BCUT2D eigenvalue weighted by Gasteiger charge is -2.06. The number of nitrogens with two attached hydrogens (primary N) is 1. The van der Waals surface area contributed by atoms with Gasteiger partial charge in [-0.1, -0.05) is 18.2 Å². The van der Waals surface area contributed by atoms with Gasteiger partial charge in [-0.3, -0.25) is 25.0 Å². The predicted molar refractivity (Wildman–Crippen MR) is 81.6 cm³/mol. The van der Waals surface area contributed by atoms with E-state index in [1.54, 1.807) is 0 Å². The fourth-order valence-electron chi connectivity index (χ4n) is 1.28.